The lowest BCUT2D eigenvalue weighted by Crippen LogP contribution is -2.45. The molecule has 2 aromatic carbocycles. The number of carbonyl (C=O) groups is 2. The maximum atomic E-state index is 12.2. The zero-order valence-corrected chi connectivity index (χ0v) is 15.4. The third-order valence-corrected chi connectivity index (χ3v) is 5.40. The number of hydrogen-bond acceptors (Lipinski definition) is 4. The fourth-order valence-electron chi connectivity index (χ4n) is 2.99. The first-order valence-corrected chi connectivity index (χ1v) is 9.77. The van der Waals surface area contributed by atoms with Crippen LogP contribution >= 0.6 is 11.8 Å². The summed E-state index contributed by atoms with van der Waals surface area (Å²) < 4.78 is 0. The highest BCUT2D eigenvalue weighted by molar-refractivity contribution is 7.98. The fourth-order valence-corrected chi connectivity index (χ4v) is 3.55. The van der Waals surface area contributed by atoms with Crippen molar-refractivity contribution in [3.05, 3.63) is 60.2 Å². The van der Waals surface area contributed by atoms with Gasteiger partial charge >= 0.3 is 11.8 Å². The molecule has 26 heavy (non-hydrogen) atoms. The van der Waals surface area contributed by atoms with Crippen molar-refractivity contribution in [3.63, 3.8) is 0 Å². The van der Waals surface area contributed by atoms with Crippen LogP contribution in [0.5, 0.6) is 0 Å². The number of nitrogens with one attached hydrogen (secondary N) is 2. The summed E-state index contributed by atoms with van der Waals surface area (Å²) in [7, 11) is 0. The Balaban J connectivity index is 1.64. The lowest BCUT2D eigenvalue weighted by atomic mass is 9.88. The maximum Gasteiger partial charge on any atom is 0.313 e. The van der Waals surface area contributed by atoms with Gasteiger partial charge < -0.3 is 15.7 Å². The van der Waals surface area contributed by atoms with E-state index in [1.165, 1.54) is 11.8 Å². The van der Waals surface area contributed by atoms with Crippen LogP contribution in [0.15, 0.2) is 59.5 Å². The van der Waals surface area contributed by atoms with E-state index in [2.05, 4.69) is 10.6 Å². The van der Waals surface area contributed by atoms with E-state index in [-0.39, 0.29) is 12.5 Å². The largest absolute Gasteiger partial charge is 0.383 e. The van der Waals surface area contributed by atoms with Gasteiger partial charge in [-0.3, -0.25) is 9.59 Å². The number of anilines is 1. The first-order valence-electron chi connectivity index (χ1n) is 8.54. The van der Waals surface area contributed by atoms with Crippen molar-refractivity contribution in [2.45, 2.75) is 23.3 Å². The molecule has 0 spiro atoms. The van der Waals surface area contributed by atoms with E-state index >= 15 is 0 Å². The van der Waals surface area contributed by atoms with Crippen molar-refractivity contribution in [2.24, 2.45) is 5.92 Å². The molecule has 0 bridgehead atoms. The van der Waals surface area contributed by atoms with Crippen molar-refractivity contribution >= 4 is 29.3 Å². The van der Waals surface area contributed by atoms with Crippen LogP contribution in [-0.2, 0) is 15.2 Å². The van der Waals surface area contributed by atoms with E-state index in [0.717, 1.165) is 23.3 Å². The minimum absolute atomic E-state index is 0.0120. The van der Waals surface area contributed by atoms with Crippen molar-refractivity contribution in [1.29, 1.82) is 0 Å². The van der Waals surface area contributed by atoms with E-state index in [1.54, 1.807) is 12.1 Å². The zero-order valence-electron chi connectivity index (χ0n) is 14.6. The van der Waals surface area contributed by atoms with Crippen LogP contribution < -0.4 is 10.6 Å². The van der Waals surface area contributed by atoms with Crippen molar-refractivity contribution < 1.29 is 14.7 Å². The third kappa shape index (κ3) is 4.08. The molecule has 0 aromatic heterocycles. The van der Waals surface area contributed by atoms with Crippen LogP contribution in [0.4, 0.5) is 5.69 Å². The molecule has 6 heteroatoms. The molecule has 1 fully saturated rings. The molecular formula is C20H22N2O3S. The number of benzene rings is 2. The molecule has 136 valence electrons. The normalized spacial score (nSPS) is 15.8. The first kappa shape index (κ1) is 18.5. The maximum absolute atomic E-state index is 12.2. The Bertz CT molecular complexity index is 793. The summed E-state index contributed by atoms with van der Waals surface area (Å²) >= 11 is 1.49. The fraction of sp³-hybridized carbons (Fsp3) is 0.300. The van der Waals surface area contributed by atoms with E-state index < -0.39 is 17.4 Å². The van der Waals surface area contributed by atoms with Crippen LogP contribution in [0.25, 0.3) is 0 Å². The van der Waals surface area contributed by atoms with Crippen molar-refractivity contribution in [1.82, 2.24) is 5.32 Å². The molecule has 1 unspecified atom stereocenters. The molecule has 3 N–H and O–H groups in total. The van der Waals surface area contributed by atoms with Gasteiger partial charge in [-0.2, -0.15) is 0 Å². The molecule has 2 amide bonds. The van der Waals surface area contributed by atoms with Gasteiger partial charge in [-0.25, -0.2) is 0 Å². The summed E-state index contributed by atoms with van der Waals surface area (Å²) in [6.07, 6.45) is 3.73. The second-order valence-corrected chi connectivity index (χ2v) is 7.25. The standard InChI is InChI=1S/C20H22N2O3S/c1-26-17-10-6-5-9-16(17)22-19(24)18(23)21-13-20(25,15-11-12-15)14-7-3-2-4-8-14/h2-10,15,25H,11-13H2,1H3,(H,21,23)(H,22,24). The lowest BCUT2D eigenvalue weighted by Gasteiger charge is -2.29. The first-order chi connectivity index (χ1) is 12.5. The average molecular weight is 370 g/mol. The predicted molar refractivity (Wildman–Crippen MR) is 103 cm³/mol. The molecule has 1 saturated carbocycles. The summed E-state index contributed by atoms with van der Waals surface area (Å²) in [5, 5.41) is 16.3. The van der Waals surface area contributed by atoms with Gasteiger partial charge in [0.2, 0.25) is 0 Å². The number of carbonyl (C=O) groups excluding carboxylic acids is 2. The van der Waals surface area contributed by atoms with Gasteiger partial charge in [0.1, 0.15) is 5.60 Å². The number of rotatable bonds is 6. The Morgan fingerprint density at radius 1 is 1.08 bits per heavy atom. The number of aliphatic hydroxyl groups is 1. The van der Waals surface area contributed by atoms with Crippen LogP contribution in [0.3, 0.4) is 0 Å². The average Bonchev–Trinajstić information content (AvgIpc) is 3.52. The Morgan fingerprint density at radius 3 is 2.38 bits per heavy atom. The zero-order chi connectivity index (χ0) is 18.6. The van der Waals surface area contributed by atoms with Crippen molar-refractivity contribution in [3.8, 4) is 0 Å². The Morgan fingerprint density at radius 2 is 1.73 bits per heavy atom. The minimum Gasteiger partial charge on any atom is -0.383 e. The summed E-state index contributed by atoms with van der Waals surface area (Å²) in [4.78, 5) is 25.3. The smallest absolute Gasteiger partial charge is 0.313 e. The van der Waals surface area contributed by atoms with Gasteiger partial charge in [0.05, 0.1) is 12.2 Å². The summed E-state index contributed by atoms with van der Waals surface area (Å²) in [5.74, 6) is -1.39. The van der Waals surface area contributed by atoms with Crippen LogP contribution in [-0.4, -0.2) is 29.7 Å². The van der Waals surface area contributed by atoms with Gasteiger partial charge in [0, 0.05) is 4.90 Å². The van der Waals surface area contributed by atoms with Gasteiger partial charge in [0.25, 0.3) is 0 Å². The number of amides is 2. The predicted octanol–water partition coefficient (Wildman–Crippen LogP) is 2.76. The molecule has 5 nitrogen and oxygen atoms in total. The number of thioether (sulfide) groups is 1. The minimum atomic E-state index is -1.14. The highest BCUT2D eigenvalue weighted by atomic mass is 32.2. The summed E-state index contributed by atoms with van der Waals surface area (Å²) in [6.45, 7) is 0.0120. The number of hydrogen-bond donors (Lipinski definition) is 3. The SMILES string of the molecule is CSc1ccccc1NC(=O)C(=O)NCC(O)(c1ccccc1)C1CC1. The van der Waals surface area contributed by atoms with E-state index in [9.17, 15) is 14.7 Å². The second kappa shape index (κ2) is 7.93. The lowest BCUT2D eigenvalue weighted by molar-refractivity contribution is -0.137. The summed E-state index contributed by atoms with van der Waals surface area (Å²) in [5.41, 5.74) is 0.213. The van der Waals surface area contributed by atoms with Gasteiger partial charge in [-0.1, -0.05) is 42.5 Å². The quantitative estimate of drug-likeness (QED) is 0.540. The van der Waals surface area contributed by atoms with Crippen LogP contribution in [0, 0.1) is 5.92 Å². The summed E-state index contributed by atoms with van der Waals surface area (Å²) in [6, 6.07) is 16.6. The van der Waals surface area contributed by atoms with E-state index in [0.29, 0.717) is 5.69 Å². The number of para-hydroxylation sites is 1. The third-order valence-electron chi connectivity index (χ3n) is 4.61. The van der Waals surface area contributed by atoms with Gasteiger partial charge in [-0.05, 0) is 42.7 Å². The van der Waals surface area contributed by atoms with Crippen molar-refractivity contribution in [2.75, 3.05) is 18.1 Å². The second-order valence-electron chi connectivity index (χ2n) is 6.40. The van der Waals surface area contributed by atoms with Crippen LogP contribution in [0.1, 0.15) is 18.4 Å². The van der Waals surface area contributed by atoms with Gasteiger partial charge in [0.15, 0.2) is 0 Å². The Hall–Kier alpha value is -2.31. The molecule has 0 heterocycles. The molecule has 0 radical (unpaired) electrons. The van der Waals surface area contributed by atoms with Gasteiger partial charge in [-0.15, -0.1) is 11.8 Å². The molecule has 1 aliphatic rings. The molecule has 2 aromatic rings. The van der Waals surface area contributed by atoms with E-state index in [1.807, 2.05) is 48.7 Å². The monoisotopic (exact) mass is 370 g/mol. The molecule has 3 rings (SSSR count). The molecule has 0 saturated heterocycles. The van der Waals surface area contributed by atoms with Crippen LogP contribution in [0.2, 0.25) is 0 Å². The highest BCUT2D eigenvalue weighted by Crippen LogP contribution is 2.45. The Kier molecular flexibility index (Phi) is 5.64. The molecular weight excluding hydrogens is 348 g/mol. The Labute approximate surface area is 157 Å². The molecule has 1 atom stereocenters. The highest BCUT2D eigenvalue weighted by Gasteiger charge is 2.45. The molecule has 0 aliphatic heterocycles. The van der Waals surface area contributed by atoms with E-state index in [4.69, 9.17) is 0 Å². The molecule has 1 aliphatic carbocycles. The topological polar surface area (TPSA) is 78.4 Å².